The zero-order valence-corrected chi connectivity index (χ0v) is 27.3. The SMILES string of the molecule is COc1ccc(-c2ccc3c(N4CCOCC4)nc(N4C[C@@H](C)O[C@@H](C)C4)nc3n2)cc1CNC(c1ccccc1)c1ccccc1. The average molecular weight is 631 g/mol. The Balaban J connectivity index is 1.23. The number of morpholine rings is 2. The Morgan fingerprint density at radius 3 is 2.15 bits per heavy atom. The third-order valence-electron chi connectivity index (χ3n) is 8.88. The molecule has 2 atom stereocenters. The molecule has 2 fully saturated rings. The van der Waals surface area contributed by atoms with Crippen molar-refractivity contribution in [3.63, 3.8) is 0 Å². The first-order chi connectivity index (χ1) is 23.1. The first-order valence-electron chi connectivity index (χ1n) is 16.5. The van der Waals surface area contributed by atoms with Crippen molar-refractivity contribution in [3.05, 3.63) is 108 Å². The lowest BCUT2D eigenvalue weighted by atomic mass is 9.98. The maximum atomic E-state index is 6.01. The van der Waals surface area contributed by atoms with E-state index in [9.17, 15) is 0 Å². The molecule has 0 amide bonds. The van der Waals surface area contributed by atoms with Gasteiger partial charge in [-0.3, -0.25) is 0 Å². The second-order valence-corrected chi connectivity index (χ2v) is 12.3. The van der Waals surface area contributed by atoms with Crippen LogP contribution in [0.2, 0.25) is 0 Å². The number of nitrogens with one attached hydrogen (secondary N) is 1. The van der Waals surface area contributed by atoms with Crippen LogP contribution in [0.15, 0.2) is 91.0 Å². The minimum atomic E-state index is 0.0314. The molecule has 47 heavy (non-hydrogen) atoms. The third kappa shape index (κ3) is 6.93. The second-order valence-electron chi connectivity index (χ2n) is 12.3. The van der Waals surface area contributed by atoms with Gasteiger partial charge in [0.2, 0.25) is 5.95 Å². The number of hydrogen-bond acceptors (Lipinski definition) is 9. The van der Waals surface area contributed by atoms with Gasteiger partial charge in [-0.05, 0) is 55.3 Å². The number of methoxy groups -OCH3 is 1. The summed E-state index contributed by atoms with van der Waals surface area (Å²) in [5.41, 5.74) is 6.01. The Kier molecular flexibility index (Phi) is 9.28. The molecular formula is C38H42N6O3. The molecule has 2 aliphatic rings. The zero-order chi connectivity index (χ0) is 32.2. The minimum absolute atomic E-state index is 0.0314. The van der Waals surface area contributed by atoms with E-state index in [-0.39, 0.29) is 18.2 Å². The van der Waals surface area contributed by atoms with Gasteiger partial charge in [-0.15, -0.1) is 0 Å². The van der Waals surface area contributed by atoms with E-state index in [2.05, 4.69) is 102 Å². The Morgan fingerprint density at radius 2 is 1.49 bits per heavy atom. The maximum absolute atomic E-state index is 6.01. The van der Waals surface area contributed by atoms with Crippen molar-refractivity contribution in [3.8, 4) is 17.0 Å². The van der Waals surface area contributed by atoms with Crippen LogP contribution in [0.4, 0.5) is 11.8 Å². The summed E-state index contributed by atoms with van der Waals surface area (Å²) in [6, 6.07) is 31.6. The van der Waals surface area contributed by atoms with Crippen molar-refractivity contribution in [1.29, 1.82) is 0 Å². The van der Waals surface area contributed by atoms with Gasteiger partial charge in [0, 0.05) is 43.9 Å². The Labute approximate surface area is 276 Å². The molecule has 242 valence electrons. The van der Waals surface area contributed by atoms with E-state index < -0.39 is 0 Å². The molecule has 4 heterocycles. The van der Waals surface area contributed by atoms with Crippen molar-refractivity contribution < 1.29 is 14.2 Å². The van der Waals surface area contributed by atoms with Crippen molar-refractivity contribution in [1.82, 2.24) is 20.3 Å². The number of ether oxygens (including phenoxy) is 3. The highest BCUT2D eigenvalue weighted by atomic mass is 16.5. The molecule has 0 bridgehead atoms. The van der Waals surface area contributed by atoms with Crippen LogP contribution >= 0.6 is 0 Å². The predicted octanol–water partition coefficient (Wildman–Crippen LogP) is 6.03. The summed E-state index contributed by atoms with van der Waals surface area (Å²) < 4.78 is 17.5. The van der Waals surface area contributed by atoms with Gasteiger partial charge in [-0.1, -0.05) is 60.7 Å². The van der Waals surface area contributed by atoms with E-state index in [1.165, 1.54) is 11.1 Å². The molecule has 7 rings (SSSR count). The molecule has 0 unspecified atom stereocenters. The lowest BCUT2D eigenvalue weighted by Crippen LogP contribution is -2.46. The Bertz CT molecular complexity index is 1750. The van der Waals surface area contributed by atoms with Gasteiger partial charge in [0.1, 0.15) is 11.6 Å². The molecule has 9 nitrogen and oxygen atoms in total. The van der Waals surface area contributed by atoms with Gasteiger partial charge in [0.15, 0.2) is 5.65 Å². The van der Waals surface area contributed by atoms with Crippen LogP contribution in [0.3, 0.4) is 0 Å². The molecule has 9 heteroatoms. The lowest BCUT2D eigenvalue weighted by molar-refractivity contribution is -0.00570. The van der Waals surface area contributed by atoms with Gasteiger partial charge in [0.25, 0.3) is 0 Å². The van der Waals surface area contributed by atoms with Crippen molar-refractivity contribution >= 4 is 22.8 Å². The minimum Gasteiger partial charge on any atom is -0.496 e. The molecule has 2 saturated heterocycles. The highest BCUT2D eigenvalue weighted by Gasteiger charge is 2.27. The lowest BCUT2D eigenvalue weighted by Gasteiger charge is -2.36. The van der Waals surface area contributed by atoms with Gasteiger partial charge in [0.05, 0.1) is 49.7 Å². The van der Waals surface area contributed by atoms with Crippen molar-refractivity contribution in [2.24, 2.45) is 0 Å². The van der Waals surface area contributed by atoms with Crippen LogP contribution in [0.5, 0.6) is 5.75 Å². The molecule has 0 aliphatic carbocycles. The molecule has 1 N–H and O–H groups in total. The van der Waals surface area contributed by atoms with E-state index in [1.807, 2.05) is 18.2 Å². The highest BCUT2D eigenvalue weighted by Crippen LogP contribution is 2.32. The number of anilines is 2. The topological polar surface area (TPSA) is 84.9 Å². The number of fused-ring (bicyclic) bond motifs is 1. The molecular weight excluding hydrogens is 588 g/mol. The van der Waals surface area contributed by atoms with Crippen LogP contribution in [-0.2, 0) is 16.0 Å². The fourth-order valence-electron chi connectivity index (χ4n) is 6.65. The molecule has 2 aromatic heterocycles. The number of rotatable bonds is 9. The number of pyridine rings is 1. The fraction of sp³-hybridized carbons (Fsp3) is 0.342. The van der Waals surface area contributed by atoms with Crippen LogP contribution in [0.25, 0.3) is 22.3 Å². The van der Waals surface area contributed by atoms with Crippen LogP contribution in [0.1, 0.15) is 36.6 Å². The van der Waals surface area contributed by atoms with E-state index in [0.717, 1.165) is 60.0 Å². The van der Waals surface area contributed by atoms with E-state index in [4.69, 9.17) is 29.2 Å². The van der Waals surface area contributed by atoms with Gasteiger partial charge in [-0.2, -0.15) is 9.97 Å². The predicted molar refractivity (Wildman–Crippen MR) is 186 cm³/mol. The first-order valence-corrected chi connectivity index (χ1v) is 16.5. The highest BCUT2D eigenvalue weighted by molar-refractivity contribution is 5.90. The second kappa shape index (κ2) is 14.0. The van der Waals surface area contributed by atoms with Crippen LogP contribution in [0, 0.1) is 0 Å². The molecule has 0 saturated carbocycles. The van der Waals surface area contributed by atoms with Crippen LogP contribution < -0.4 is 19.9 Å². The summed E-state index contributed by atoms with van der Waals surface area (Å²) in [6.45, 7) is 9.20. The van der Waals surface area contributed by atoms with Gasteiger partial charge in [-0.25, -0.2) is 4.98 Å². The number of nitrogens with zero attached hydrogens (tertiary/aromatic N) is 5. The van der Waals surface area contributed by atoms with Crippen molar-refractivity contribution in [2.45, 2.75) is 38.6 Å². The van der Waals surface area contributed by atoms with Crippen LogP contribution in [-0.4, -0.2) is 73.7 Å². The Hall–Kier alpha value is -4.57. The standard InChI is InChI=1S/C38H42N6O3/c1-26-24-44(25-27(2)47-26)38-41-36-32(37(42-38)43-18-20-46-21-19-43)15-16-33(40-36)30-14-17-34(45-3)31(22-30)23-39-35(28-10-6-4-7-11-28)29-12-8-5-9-13-29/h4-17,22,26-27,35,39H,18-21,23-25H2,1-3H3/t26-,27+. The summed E-state index contributed by atoms with van der Waals surface area (Å²) >= 11 is 0. The first kappa shape index (κ1) is 31.1. The molecule has 5 aromatic rings. The molecule has 0 spiro atoms. The smallest absolute Gasteiger partial charge is 0.229 e. The summed E-state index contributed by atoms with van der Waals surface area (Å²) in [5.74, 6) is 2.43. The number of aromatic nitrogens is 3. The monoisotopic (exact) mass is 630 g/mol. The summed E-state index contributed by atoms with van der Waals surface area (Å²) in [4.78, 5) is 19.8. The molecule has 3 aromatic carbocycles. The third-order valence-corrected chi connectivity index (χ3v) is 8.88. The Morgan fingerprint density at radius 1 is 0.809 bits per heavy atom. The summed E-state index contributed by atoms with van der Waals surface area (Å²) in [5, 5.41) is 4.74. The number of benzene rings is 3. The molecule has 0 radical (unpaired) electrons. The van der Waals surface area contributed by atoms with E-state index in [1.54, 1.807) is 7.11 Å². The van der Waals surface area contributed by atoms with Crippen molar-refractivity contribution in [2.75, 3.05) is 56.3 Å². The van der Waals surface area contributed by atoms with E-state index in [0.29, 0.717) is 31.4 Å². The fourth-order valence-corrected chi connectivity index (χ4v) is 6.65. The molecule has 2 aliphatic heterocycles. The summed E-state index contributed by atoms with van der Waals surface area (Å²) in [6.07, 6.45) is 0.192. The van der Waals surface area contributed by atoms with Gasteiger partial charge >= 0.3 is 0 Å². The average Bonchev–Trinajstić information content (AvgIpc) is 3.12. The summed E-state index contributed by atoms with van der Waals surface area (Å²) in [7, 11) is 1.72. The van der Waals surface area contributed by atoms with E-state index >= 15 is 0 Å². The number of hydrogen-bond donors (Lipinski definition) is 1. The van der Waals surface area contributed by atoms with Gasteiger partial charge < -0.3 is 29.3 Å². The normalized spacial score (nSPS) is 18.6. The maximum Gasteiger partial charge on any atom is 0.229 e. The largest absolute Gasteiger partial charge is 0.496 e. The quantitative estimate of drug-likeness (QED) is 0.210. The zero-order valence-electron chi connectivity index (χ0n) is 27.3.